The number of likely N-dealkylation sites (tertiary alicyclic amines) is 1. The molecule has 0 aliphatic carbocycles. The van der Waals surface area contributed by atoms with Gasteiger partial charge in [0.2, 0.25) is 0 Å². The molecule has 3 aromatic rings. The number of benzene rings is 2. The monoisotopic (exact) mass is 375 g/mol. The molecule has 0 spiro atoms. The Labute approximate surface area is 164 Å². The minimum Gasteiger partial charge on any atom is -0.337 e. The molecule has 1 aliphatic heterocycles. The van der Waals surface area contributed by atoms with Crippen LogP contribution in [0.3, 0.4) is 0 Å². The van der Waals surface area contributed by atoms with E-state index in [0.29, 0.717) is 35.5 Å². The average molecular weight is 375 g/mol. The number of carbonyl (C=O) groups is 1. The number of fused-ring (bicyclic) bond motifs is 1. The number of hydrogen-bond acceptors (Lipinski definition) is 3. The van der Waals surface area contributed by atoms with Gasteiger partial charge in [-0.05, 0) is 44.2 Å². The Hall–Kier alpha value is -2.95. The van der Waals surface area contributed by atoms with Crippen LogP contribution in [0.15, 0.2) is 59.4 Å². The maximum absolute atomic E-state index is 13.3. The van der Waals surface area contributed by atoms with Gasteiger partial charge in [0.1, 0.15) is 0 Å². The van der Waals surface area contributed by atoms with E-state index >= 15 is 0 Å². The molecule has 1 saturated heterocycles. The van der Waals surface area contributed by atoms with Crippen molar-refractivity contribution in [2.24, 2.45) is 0 Å². The number of amides is 1. The highest BCUT2D eigenvalue weighted by Gasteiger charge is 2.27. The lowest BCUT2D eigenvalue weighted by molar-refractivity contribution is 0.0706. The summed E-state index contributed by atoms with van der Waals surface area (Å²) in [6, 6.07) is 17.7. The van der Waals surface area contributed by atoms with Crippen LogP contribution in [0.4, 0.5) is 0 Å². The van der Waals surface area contributed by atoms with Crippen molar-refractivity contribution in [3.05, 3.63) is 76.2 Å². The first-order valence-corrected chi connectivity index (χ1v) is 9.92. The number of rotatable bonds is 3. The molecular formula is C23H25N3O2. The van der Waals surface area contributed by atoms with Gasteiger partial charge in [0, 0.05) is 18.5 Å². The van der Waals surface area contributed by atoms with E-state index in [0.717, 1.165) is 12.8 Å². The normalized spacial score (nSPS) is 15.3. The Morgan fingerprint density at radius 1 is 0.964 bits per heavy atom. The molecule has 2 aromatic carbocycles. The highest BCUT2D eigenvalue weighted by atomic mass is 16.2. The lowest BCUT2D eigenvalue weighted by atomic mass is 9.89. The number of aromatic nitrogens is 2. The molecule has 144 valence electrons. The summed E-state index contributed by atoms with van der Waals surface area (Å²) in [5, 5.41) is 5.65. The van der Waals surface area contributed by atoms with E-state index in [4.69, 9.17) is 0 Å². The van der Waals surface area contributed by atoms with Crippen molar-refractivity contribution in [2.45, 2.75) is 38.6 Å². The summed E-state index contributed by atoms with van der Waals surface area (Å²) in [6.07, 6.45) is 1.88. The van der Waals surface area contributed by atoms with Crippen LogP contribution in [0.2, 0.25) is 0 Å². The Morgan fingerprint density at radius 2 is 1.57 bits per heavy atom. The fourth-order valence-corrected chi connectivity index (χ4v) is 4.01. The molecule has 1 aliphatic rings. The van der Waals surface area contributed by atoms with Crippen molar-refractivity contribution in [2.75, 3.05) is 13.1 Å². The van der Waals surface area contributed by atoms with E-state index < -0.39 is 0 Å². The summed E-state index contributed by atoms with van der Waals surface area (Å²) in [4.78, 5) is 27.9. The predicted molar refractivity (Wildman–Crippen MR) is 111 cm³/mol. The molecule has 0 unspecified atom stereocenters. The Bertz CT molecular complexity index is 1050. The van der Waals surface area contributed by atoms with Crippen molar-refractivity contribution in [3.63, 3.8) is 0 Å². The van der Waals surface area contributed by atoms with E-state index in [1.165, 1.54) is 10.2 Å². The highest BCUT2D eigenvalue weighted by Crippen LogP contribution is 2.29. The number of carbonyl (C=O) groups excluding carboxylic acids is 1. The number of piperidine rings is 1. The fraction of sp³-hybridized carbons (Fsp3) is 0.348. The molecule has 5 nitrogen and oxygen atoms in total. The number of nitrogens with zero attached hydrogens (tertiary/aromatic N) is 3. The summed E-state index contributed by atoms with van der Waals surface area (Å²) in [6.45, 7) is 5.22. The zero-order valence-electron chi connectivity index (χ0n) is 16.3. The standard InChI is InChI=1S/C23H25N3O2/c1-16(2)26-22(27)20-11-7-6-10-19(20)21(24-26)23(28)25-14-12-18(13-15-25)17-8-4-3-5-9-17/h3-11,16,18H,12-15H2,1-2H3. The van der Waals surface area contributed by atoms with E-state index in [1.54, 1.807) is 6.07 Å². The SMILES string of the molecule is CC(C)n1nc(C(=O)N2CCC(c3ccccc3)CC2)c2ccccc2c1=O. The third-order valence-electron chi connectivity index (χ3n) is 5.57. The molecule has 1 aromatic heterocycles. The maximum Gasteiger partial charge on any atom is 0.274 e. The zero-order valence-corrected chi connectivity index (χ0v) is 16.3. The van der Waals surface area contributed by atoms with Gasteiger partial charge in [-0.1, -0.05) is 48.5 Å². The molecule has 0 bridgehead atoms. The van der Waals surface area contributed by atoms with Crippen LogP contribution in [-0.2, 0) is 0 Å². The molecule has 1 amide bonds. The summed E-state index contributed by atoms with van der Waals surface area (Å²) in [5.74, 6) is 0.400. The quantitative estimate of drug-likeness (QED) is 0.695. The van der Waals surface area contributed by atoms with Gasteiger partial charge < -0.3 is 4.90 Å². The topological polar surface area (TPSA) is 55.2 Å². The smallest absolute Gasteiger partial charge is 0.274 e. The average Bonchev–Trinajstić information content (AvgIpc) is 2.74. The summed E-state index contributed by atoms with van der Waals surface area (Å²) in [5.41, 5.74) is 1.57. The van der Waals surface area contributed by atoms with Crippen molar-refractivity contribution in [3.8, 4) is 0 Å². The third kappa shape index (κ3) is 3.33. The zero-order chi connectivity index (χ0) is 19.7. The van der Waals surface area contributed by atoms with Gasteiger partial charge in [-0.15, -0.1) is 0 Å². The fourth-order valence-electron chi connectivity index (χ4n) is 4.01. The molecule has 2 heterocycles. The first-order chi connectivity index (χ1) is 13.6. The van der Waals surface area contributed by atoms with Crippen LogP contribution in [-0.4, -0.2) is 33.7 Å². The van der Waals surface area contributed by atoms with Crippen LogP contribution >= 0.6 is 0 Å². The van der Waals surface area contributed by atoms with E-state index in [9.17, 15) is 9.59 Å². The van der Waals surface area contributed by atoms with Gasteiger partial charge in [0.05, 0.1) is 11.4 Å². The number of hydrogen-bond donors (Lipinski definition) is 0. The highest BCUT2D eigenvalue weighted by molar-refractivity contribution is 6.04. The molecular weight excluding hydrogens is 350 g/mol. The van der Waals surface area contributed by atoms with Gasteiger partial charge in [0.15, 0.2) is 5.69 Å². The van der Waals surface area contributed by atoms with Gasteiger partial charge in [-0.3, -0.25) is 9.59 Å². The molecule has 0 atom stereocenters. The minimum absolute atomic E-state index is 0.0860. The van der Waals surface area contributed by atoms with E-state index in [2.05, 4.69) is 29.4 Å². The third-order valence-corrected chi connectivity index (χ3v) is 5.57. The van der Waals surface area contributed by atoms with E-state index in [-0.39, 0.29) is 17.5 Å². The van der Waals surface area contributed by atoms with Crippen LogP contribution in [0.5, 0.6) is 0 Å². The van der Waals surface area contributed by atoms with Crippen LogP contribution in [0.25, 0.3) is 10.8 Å². The van der Waals surface area contributed by atoms with Crippen LogP contribution in [0, 0.1) is 0 Å². The molecule has 28 heavy (non-hydrogen) atoms. The van der Waals surface area contributed by atoms with Gasteiger partial charge in [-0.25, -0.2) is 4.68 Å². The molecule has 4 rings (SSSR count). The maximum atomic E-state index is 13.3. The Kier molecular flexibility index (Phi) is 4.99. The first-order valence-electron chi connectivity index (χ1n) is 9.92. The molecule has 0 N–H and O–H groups in total. The first kappa shape index (κ1) is 18.4. The van der Waals surface area contributed by atoms with Crippen molar-refractivity contribution in [1.29, 1.82) is 0 Å². The van der Waals surface area contributed by atoms with Crippen LogP contribution < -0.4 is 5.56 Å². The van der Waals surface area contributed by atoms with Crippen molar-refractivity contribution in [1.82, 2.24) is 14.7 Å². The van der Waals surface area contributed by atoms with Crippen molar-refractivity contribution >= 4 is 16.7 Å². The van der Waals surface area contributed by atoms with E-state index in [1.807, 2.05) is 43.0 Å². The van der Waals surface area contributed by atoms with Gasteiger partial charge >= 0.3 is 0 Å². The predicted octanol–water partition coefficient (Wildman–Crippen LogP) is 4.00. The van der Waals surface area contributed by atoms with Crippen LogP contribution in [0.1, 0.15) is 54.7 Å². The Balaban J connectivity index is 1.63. The van der Waals surface area contributed by atoms with Crippen molar-refractivity contribution < 1.29 is 4.79 Å². The second-order valence-electron chi connectivity index (χ2n) is 7.71. The van der Waals surface area contributed by atoms with Gasteiger partial charge in [0.25, 0.3) is 11.5 Å². The molecule has 1 fully saturated rings. The molecule has 0 saturated carbocycles. The summed E-state index contributed by atoms with van der Waals surface area (Å²) >= 11 is 0. The largest absolute Gasteiger partial charge is 0.337 e. The summed E-state index contributed by atoms with van der Waals surface area (Å²) in [7, 11) is 0. The Morgan fingerprint density at radius 3 is 2.21 bits per heavy atom. The second-order valence-corrected chi connectivity index (χ2v) is 7.71. The minimum atomic E-state index is -0.148. The molecule has 5 heteroatoms. The lowest BCUT2D eigenvalue weighted by Crippen LogP contribution is -2.39. The molecule has 0 radical (unpaired) electrons. The second kappa shape index (κ2) is 7.58. The lowest BCUT2D eigenvalue weighted by Gasteiger charge is -2.32. The van der Waals surface area contributed by atoms with Gasteiger partial charge in [-0.2, -0.15) is 5.10 Å². The summed E-state index contributed by atoms with van der Waals surface area (Å²) < 4.78 is 1.42.